The van der Waals surface area contributed by atoms with Crippen LogP contribution in [0.1, 0.15) is 27.8 Å². The third-order valence-corrected chi connectivity index (χ3v) is 5.06. The lowest BCUT2D eigenvalue weighted by molar-refractivity contribution is 0.0722. The Balaban J connectivity index is 0.00000192. The smallest absolute Gasteiger partial charge is 0.274 e. The molecule has 5 heterocycles. The van der Waals surface area contributed by atoms with Crippen LogP contribution in [0.4, 0.5) is 0 Å². The van der Waals surface area contributed by atoms with Crippen molar-refractivity contribution in [1.82, 2.24) is 29.7 Å². The van der Waals surface area contributed by atoms with Gasteiger partial charge in [-0.3, -0.25) is 9.78 Å². The van der Waals surface area contributed by atoms with Gasteiger partial charge in [-0.1, -0.05) is 0 Å². The molecule has 9 heteroatoms. The molecule has 146 valence electrons. The summed E-state index contributed by atoms with van der Waals surface area (Å²) in [5.41, 5.74) is 2.18. The van der Waals surface area contributed by atoms with Crippen molar-refractivity contribution < 1.29 is 9.21 Å². The van der Waals surface area contributed by atoms with Crippen LogP contribution in [0.15, 0.2) is 35.1 Å². The Hall–Kier alpha value is -2.71. The van der Waals surface area contributed by atoms with E-state index in [1.165, 1.54) is 0 Å². The first-order chi connectivity index (χ1) is 13.3. The Morgan fingerprint density at radius 1 is 1.18 bits per heavy atom. The second-order valence-electron chi connectivity index (χ2n) is 6.84. The number of oxazole rings is 1. The Morgan fingerprint density at radius 3 is 2.96 bits per heavy atom. The summed E-state index contributed by atoms with van der Waals surface area (Å²) in [7, 11) is 0. The van der Waals surface area contributed by atoms with Crippen LogP contribution in [0.3, 0.4) is 0 Å². The quantitative estimate of drug-likeness (QED) is 0.704. The summed E-state index contributed by atoms with van der Waals surface area (Å²) in [6.45, 7) is 3.70. The van der Waals surface area contributed by atoms with Crippen molar-refractivity contribution in [1.29, 1.82) is 0 Å². The molecule has 2 aliphatic rings. The first-order valence-electron chi connectivity index (χ1n) is 9.23. The van der Waals surface area contributed by atoms with Crippen molar-refractivity contribution in [2.75, 3.05) is 19.6 Å². The highest BCUT2D eigenvalue weighted by molar-refractivity contribution is 5.92. The molecule has 0 atom stereocenters. The van der Waals surface area contributed by atoms with Crippen molar-refractivity contribution in [3.8, 4) is 11.5 Å². The van der Waals surface area contributed by atoms with Gasteiger partial charge in [0.05, 0.1) is 12.1 Å². The number of amides is 1. The zero-order valence-electron chi connectivity index (χ0n) is 15.3. The van der Waals surface area contributed by atoms with Gasteiger partial charge in [0.2, 0.25) is 5.89 Å². The summed E-state index contributed by atoms with van der Waals surface area (Å²) in [5, 5.41) is 3.34. The highest BCUT2D eigenvalue weighted by Gasteiger charge is 2.28. The number of fused-ring (bicyclic) bond motifs is 2. The lowest BCUT2D eigenvalue weighted by Gasteiger charge is -2.24. The molecule has 0 bridgehead atoms. The Morgan fingerprint density at radius 2 is 2.11 bits per heavy atom. The molecule has 3 aromatic heterocycles. The molecule has 5 rings (SSSR count). The number of carbonyl (C=O) groups excluding carboxylic acids is 1. The van der Waals surface area contributed by atoms with E-state index >= 15 is 0 Å². The normalized spacial score (nSPS) is 15.9. The van der Waals surface area contributed by atoms with E-state index in [9.17, 15) is 4.79 Å². The first kappa shape index (κ1) is 18.6. The molecule has 0 aliphatic carbocycles. The summed E-state index contributed by atoms with van der Waals surface area (Å²) in [5.74, 6) is 2.34. The van der Waals surface area contributed by atoms with E-state index in [0.717, 1.165) is 48.9 Å². The molecule has 0 saturated carbocycles. The third-order valence-electron chi connectivity index (χ3n) is 5.06. The Bertz CT molecular complexity index is 960. The molecule has 2 aliphatic heterocycles. The molecule has 0 radical (unpaired) electrons. The second kappa shape index (κ2) is 7.73. The number of nitrogens with one attached hydrogen (secondary N) is 1. The monoisotopic (exact) mass is 400 g/mol. The van der Waals surface area contributed by atoms with Gasteiger partial charge in [0.25, 0.3) is 5.91 Å². The van der Waals surface area contributed by atoms with Gasteiger partial charge in [0.1, 0.15) is 23.0 Å². The number of rotatable bonds is 2. The predicted octanol–water partition coefficient (Wildman–Crippen LogP) is 1.70. The molecule has 8 nitrogen and oxygen atoms in total. The molecular weight excluding hydrogens is 380 g/mol. The molecule has 0 aromatic carbocycles. The van der Waals surface area contributed by atoms with Crippen molar-refractivity contribution in [2.45, 2.75) is 25.9 Å². The first-order valence-corrected chi connectivity index (χ1v) is 9.23. The van der Waals surface area contributed by atoms with Crippen LogP contribution < -0.4 is 5.32 Å². The number of nitrogens with zero attached hydrogens (tertiary/aromatic N) is 5. The van der Waals surface area contributed by atoms with Crippen molar-refractivity contribution in [3.05, 3.63) is 53.7 Å². The van der Waals surface area contributed by atoms with E-state index < -0.39 is 0 Å². The molecule has 0 spiro atoms. The minimum absolute atomic E-state index is 0. The van der Waals surface area contributed by atoms with Gasteiger partial charge in [-0.25, -0.2) is 9.97 Å². The van der Waals surface area contributed by atoms with Crippen LogP contribution in [0.25, 0.3) is 11.5 Å². The average molecular weight is 401 g/mol. The van der Waals surface area contributed by atoms with E-state index in [0.29, 0.717) is 31.1 Å². The average Bonchev–Trinajstić information content (AvgIpc) is 3.26. The van der Waals surface area contributed by atoms with Crippen molar-refractivity contribution in [2.24, 2.45) is 0 Å². The number of hydrogen-bond donors (Lipinski definition) is 1. The maximum atomic E-state index is 13.0. The molecular formula is C19H21ClN6O2. The molecule has 0 unspecified atom stereocenters. The van der Waals surface area contributed by atoms with Gasteiger partial charge in [0, 0.05) is 57.6 Å². The van der Waals surface area contributed by atoms with E-state index in [1.54, 1.807) is 17.3 Å². The molecule has 0 saturated heterocycles. The zero-order valence-corrected chi connectivity index (χ0v) is 16.1. The van der Waals surface area contributed by atoms with Crippen LogP contribution >= 0.6 is 12.4 Å². The summed E-state index contributed by atoms with van der Waals surface area (Å²) in [6, 6.07) is 3.77. The fourth-order valence-electron chi connectivity index (χ4n) is 3.62. The maximum Gasteiger partial charge on any atom is 0.274 e. The van der Waals surface area contributed by atoms with Crippen molar-refractivity contribution >= 4 is 18.3 Å². The number of imidazole rings is 1. The highest BCUT2D eigenvalue weighted by Crippen LogP contribution is 2.26. The van der Waals surface area contributed by atoms with Gasteiger partial charge in [-0.15, -0.1) is 12.4 Å². The van der Waals surface area contributed by atoms with E-state index in [1.807, 2.05) is 18.3 Å². The topological polar surface area (TPSA) is 89.1 Å². The van der Waals surface area contributed by atoms with Gasteiger partial charge in [0.15, 0.2) is 0 Å². The second-order valence-corrected chi connectivity index (χ2v) is 6.84. The largest absolute Gasteiger partial charge is 0.441 e. The predicted molar refractivity (Wildman–Crippen MR) is 104 cm³/mol. The summed E-state index contributed by atoms with van der Waals surface area (Å²) in [4.78, 5) is 28.0. The number of pyridine rings is 1. The van der Waals surface area contributed by atoms with Crippen LogP contribution in [0, 0.1) is 0 Å². The molecule has 1 amide bonds. The van der Waals surface area contributed by atoms with E-state index in [2.05, 4.69) is 24.8 Å². The van der Waals surface area contributed by atoms with Crippen LogP contribution in [-0.4, -0.2) is 50.0 Å². The molecule has 1 N–H and O–H groups in total. The number of aromatic nitrogens is 4. The van der Waals surface area contributed by atoms with Crippen LogP contribution in [0.5, 0.6) is 0 Å². The summed E-state index contributed by atoms with van der Waals surface area (Å²) >= 11 is 0. The fourth-order valence-corrected chi connectivity index (χ4v) is 3.62. The van der Waals surface area contributed by atoms with Gasteiger partial charge < -0.3 is 19.2 Å². The maximum absolute atomic E-state index is 13.0. The number of hydrogen-bond acceptors (Lipinski definition) is 6. The Kier molecular flexibility index (Phi) is 5.15. The van der Waals surface area contributed by atoms with Crippen LogP contribution in [0.2, 0.25) is 0 Å². The van der Waals surface area contributed by atoms with Crippen molar-refractivity contribution in [3.63, 3.8) is 0 Å². The lowest BCUT2D eigenvalue weighted by atomic mass is 10.1. The molecule has 28 heavy (non-hydrogen) atoms. The summed E-state index contributed by atoms with van der Waals surface area (Å²) in [6.07, 6.45) is 6.83. The van der Waals surface area contributed by atoms with E-state index in [4.69, 9.17) is 4.42 Å². The number of carbonyl (C=O) groups is 1. The Labute approximate surface area is 168 Å². The minimum Gasteiger partial charge on any atom is -0.441 e. The van der Waals surface area contributed by atoms with E-state index in [-0.39, 0.29) is 18.3 Å². The zero-order chi connectivity index (χ0) is 18.2. The highest BCUT2D eigenvalue weighted by atomic mass is 35.5. The van der Waals surface area contributed by atoms with Gasteiger partial charge >= 0.3 is 0 Å². The number of halogens is 1. The van der Waals surface area contributed by atoms with Gasteiger partial charge in [-0.2, -0.15) is 0 Å². The molecule has 3 aromatic rings. The molecule has 0 fully saturated rings. The lowest BCUT2D eigenvalue weighted by Crippen LogP contribution is -2.36. The van der Waals surface area contributed by atoms with Gasteiger partial charge in [-0.05, 0) is 12.1 Å². The minimum atomic E-state index is -0.0416. The third kappa shape index (κ3) is 3.41. The summed E-state index contributed by atoms with van der Waals surface area (Å²) < 4.78 is 7.97. The fraction of sp³-hybridized carbons (Fsp3) is 0.368. The standard InChI is InChI=1S/C19H20N6O2.ClH/c26-19(15-12-24-9-7-20-6-3-17(24)22-15)25-8-4-16-14(11-25)23-18(27-16)13-2-1-5-21-10-13;/h1-2,5,10,12,20H,3-4,6-9,11H2;1H. The van der Waals surface area contributed by atoms with Crippen LogP contribution in [-0.2, 0) is 25.9 Å². The SMILES string of the molecule is Cl.O=C(c1cn2c(n1)CCNCC2)N1CCc2oc(-c3cccnc3)nc2C1.